The van der Waals surface area contributed by atoms with Crippen molar-refractivity contribution >= 4 is 17.7 Å². The number of carbonyl (C=O) groups is 2. The number of carboxylic acid groups (broad SMARTS) is 1. The summed E-state index contributed by atoms with van der Waals surface area (Å²) in [7, 11) is 0. The number of rotatable bonds is 2. The summed E-state index contributed by atoms with van der Waals surface area (Å²) in [6.45, 7) is 0.924. The normalized spacial score (nSPS) is 22.5. The van der Waals surface area contributed by atoms with Crippen LogP contribution < -0.4 is 4.90 Å². The van der Waals surface area contributed by atoms with Crippen molar-refractivity contribution in [3.05, 3.63) is 29.8 Å². The third kappa shape index (κ3) is 3.18. The summed E-state index contributed by atoms with van der Waals surface area (Å²) >= 11 is 0. The van der Waals surface area contributed by atoms with Crippen LogP contribution in [0.15, 0.2) is 24.3 Å². The number of nitrogens with zero attached hydrogens (tertiary/aromatic N) is 2. The molecule has 1 aromatic rings. The molecule has 2 saturated heterocycles. The summed E-state index contributed by atoms with van der Waals surface area (Å²) in [5.74, 6) is -1.95. The molecule has 0 radical (unpaired) electrons. The summed E-state index contributed by atoms with van der Waals surface area (Å²) in [6, 6.07) is 7.04. The highest BCUT2D eigenvalue weighted by Crippen LogP contribution is 2.36. The molecule has 2 aliphatic heterocycles. The molecule has 24 heavy (non-hydrogen) atoms. The van der Waals surface area contributed by atoms with Crippen LogP contribution in [0, 0.1) is 5.92 Å². The van der Waals surface area contributed by atoms with Crippen molar-refractivity contribution in [2.45, 2.75) is 24.9 Å². The Morgan fingerprint density at radius 1 is 1.17 bits per heavy atom. The van der Waals surface area contributed by atoms with Gasteiger partial charge in [-0.3, -0.25) is 4.79 Å². The monoisotopic (exact) mass is 342 g/mol. The fraction of sp³-hybridized carbons (Fsp3) is 0.500. The molecule has 0 aromatic heterocycles. The van der Waals surface area contributed by atoms with Gasteiger partial charge in [0.1, 0.15) is 0 Å². The smallest absolute Gasteiger partial charge is 0.407 e. The Kier molecular flexibility index (Phi) is 4.15. The van der Waals surface area contributed by atoms with Crippen molar-refractivity contribution in [2.75, 3.05) is 24.5 Å². The molecular weight excluding hydrogens is 325 g/mol. The molecule has 3 rings (SSSR count). The van der Waals surface area contributed by atoms with Crippen LogP contribution in [-0.2, 0) is 4.79 Å². The fourth-order valence-electron chi connectivity index (χ4n) is 3.16. The van der Waals surface area contributed by atoms with Crippen LogP contribution in [0.3, 0.4) is 0 Å². The summed E-state index contributed by atoms with van der Waals surface area (Å²) < 4.78 is 38.1. The van der Waals surface area contributed by atoms with Crippen LogP contribution in [0.1, 0.15) is 24.3 Å². The van der Waals surface area contributed by atoms with Gasteiger partial charge >= 0.3 is 12.3 Å². The Bertz CT molecular complexity index is 639. The van der Waals surface area contributed by atoms with Gasteiger partial charge in [0.25, 0.3) is 0 Å². The molecule has 1 N–H and O–H groups in total. The summed E-state index contributed by atoms with van der Waals surface area (Å²) in [4.78, 5) is 25.5. The van der Waals surface area contributed by atoms with E-state index in [0.717, 1.165) is 5.56 Å². The molecule has 0 spiro atoms. The Morgan fingerprint density at radius 3 is 2.29 bits per heavy atom. The van der Waals surface area contributed by atoms with Crippen LogP contribution >= 0.6 is 0 Å². The standard InChI is InChI=1S/C16H17F3N2O3/c17-16(18,19)12-5-6-21(14(22)7-12)13-3-1-10(2-4-13)11-8-20(9-11)15(23)24/h1-4,11-12H,5-9H2,(H,23,24). The molecule has 0 saturated carbocycles. The topological polar surface area (TPSA) is 60.9 Å². The van der Waals surface area contributed by atoms with Crippen LogP contribution in [0.2, 0.25) is 0 Å². The third-order valence-corrected chi connectivity index (χ3v) is 4.71. The number of benzene rings is 1. The van der Waals surface area contributed by atoms with Gasteiger partial charge in [-0.05, 0) is 24.1 Å². The van der Waals surface area contributed by atoms with E-state index in [0.29, 0.717) is 18.8 Å². The molecular formula is C16H17F3N2O3. The molecule has 1 aromatic carbocycles. The maximum absolute atomic E-state index is 12.7. The van der Waals surface area contributed by atoms with Gasteiger partial charge in [0.15, 0.2) is 0 Å². The zero-order valence-electron chi connectivity index (χ0n) is 12.8. The minimum atomic E-state index is -4.33. The Labute approximate surface area is 136 Å². The molecule has 2 aliphatic rings. The molecule has 2 amide bonds. The van der Waals surface area contributed by atoms with Gasteiger partial charge in [0, 0.05) is 37.7 Å². The molecule has 1 unspecified atom stereocenters. The van der Waals surface area contributed by atoms with E-state index in [-0.39, 0.29) is 18.9 Å². The molecule has 8 heteroatoms. The zero-order chi connectivity index (χ0) is 17.5. The average Bonchev–Trinajstić information content (AvgIpc) is 2.45. The van der Waals surface area contributed by atoms with E-state index < -0.39 is 30.5 Å². The van der Waals surface area contributed by atoms with Gasteiger partial charge in [0.2, 0.25) is 5.91 Å². The van der Waals surface area contributed by atoms with Gasteiger partial charge in [0.05, 0.1) is 5.92 Å². The highest BCUT2D eigenvalue weighted by Gasteiger charge is 2.44. The number of halogens is 3. The van der Waals surface area contributed by atoms with Crippen molar-refractivity contribution in [3.63, 3.8) is 0 Å². The van der Waals surface area contributed by atoms with Crippen molar-refractivity contribution in [2.24, 2.45) is 5.92 Å². The van der Waals surface area contributed by atoms with Crippen LogP contribution in [0.5, 0.6) is 0 Å². The van der Waals surface area contributed by atoms with Crippen molar-refractivity contribution in [1.82, 2.24) is 4.90 Å². The summed E-state index contributed by atoms with van der Waals surface area (Å²) in [5, 5.41) is 8.82. The van der Waals surface area contributed by atoms with E-state index >= 15 is 0 Å². The Balaban J connectivity index is 1.62. The summed E-state index contributed by atoms with van der Waals surface area (Å²) in [5.41, 5.74) is 1.55. The lowest BCUT2D eigenvalue weighted by Crippen LogP contribution is -2.47. The number of hydrogen-bond donors (Lipinski definition) is 1. The van der Waals surface area contributed by atoms with Gasteiger partial charge in [-0.2, -0.15) is 13.2 Å². The number of anilines is 1. The maximum atomic E-state index is 12.7. The Morgan fingerprint density at radius 2 is 1.79 bits per heavy atom. The van der Waals surface area contributed by atoms with Gasteiger partial charge < -0.3 is 14.9 Å². The van der Waals surface area contributed by atoms with E-state index in [1.54, 1.807) is 12.1 Å². The molecule has 5 nitrogen and oxygen atoms in total. The summed E-state index contributed by atoms with van der Waals surface area (Å²) in [6.07, 6.45) is -5.87. The fourth-order valence-corrected chi connectivity index (χ4v) is 3.16. The molecule has 2 fully saturated rings. The van der Waals surface area contributed by atoms with Crippen LogP contribution in [0.4, 0.5) is 23.7 Å². The first-order valence-corrected chi connectivity index (χ1v) is 7.70. The number of hydrogen-bond acceptors (Lipinski definition) is 2. The van der Waals surface area contributed by atoms with Gasteiger partial charge in [-0.25, -0.2) is 4.79 Å². The third-order valence-electron chi connectivity index (χ3n) is 4.71. The predicted octanol–water partition coefficient (Wildman–Crippen LogP) is 3.07. The van der Waals surface area contributed by atoms with E-state index in [4.69, 9.17) is 5.11 Å². The highest BCUT2D eigenvalue weighted by molar-refractivity contribution is 5.94. The van der Waals surface area contributed by atoms with E-state index in [9.17, 15) is 22.8 Å². The largest absolute Gasteiger partial charge is 0.465 e. The average molecular weight is 342 g/mol. The van der Waals surface area contributed by atoms with Crippen LogP contribution in [0.25, 0.3) is 0 Å². The lowest BCUT2D eigenvalue weighted by Gasteiger charge is -2.37. The number of carbonyl (C=O) groups excluding carboxylic acids is 1. The van der Waals surface area contributed by atoms with Crippen molar-refractivity contribution < 1.29 is 27.9 Å². The first-order valence-electron chi connectivity index (χ1n) is 7.70. The number of likely N-dealkylation sites (tertiary alicyclic amines) is 1. The number of alkyl halides is 3. The second-order valence-corrected chi connectivity index (χ2v) is 6.25. The van der Waals surface area contributed by atoms with Crippen molar-refractivity contribution in [3.8, 4) is 0 Å². The molecule has 2 heterocycles. The second kappa shape index (κ2) is 5.99. The maximum Gasteiger partial charge on any atom is 0.407 e. The van der Waals surface area contributed by atoms with Crippen LogP contribution in [-0.4, -0.2) is 47.8 Å². The molecule has 130 valence electrons. The van der Waals surface area contributed by atoms with E-state index in [2.05, 4.69) is 0 Å². The van der Waals surface area contributed by atoms with Gasteiger partial charge in [-0.1, -0.05) is 12.1 Å². The van der Waals surface area contributed by atoms with Gasteiger partial charge in [-0.15, -0.1) is 0 Å². The number of amides is 2. The van der Waals surface area contributed by atoms with E-state index in [1.165, 1.54) is 9.80 Å². The molecule has 0 bridgehead atoms. The SMILES string of the molecule is O=C(O)N1CC(c2ccc(N3CCC(C(F)(F)F)CC3=O)cc2)C1. The second-order valence-electron chi connectivity index (χ2n) is 6.25. The molecule has 0 aliphatic carbocycles. The molecule has 1 atom stereocenters. The van der Waals surface area contributed by atoms with E-state index in [1.807, 2.05) is 12.1 Å². The highest BCUT2D eigenvalue weighted by atomic mass is 19.4. The number of piperidine rings is 1. The first kappa shape index (κ1) is 16.6. The minimum Gasteiger partial charge on any atom is -0.465 e. The lowest BCUT2D eigenvalue weighted by molar-refractivity contribution is -0.182. The minimum absolute atomic E-state index is 0.0541. The zero-order valence-corrected chi connectivity index (χ0v) is 12.8. The first-order chi connectivity index (χ1) is 11.3. The quantitative estimate of drug-likeness (QED) is 0.898. The lowest BCUT2D eigenvalue weighted by atomic mass is 9.91. The van der Waals surface area contributed by atoms with Crippen molar-refractivity contribution in [1.29, 1.82) is 0 Å². The predicted molar refractivity (Wildman–Crippen MR) is 79.9 cm³/mol. The Hall–Kier alpha value is -2.25.